The van der Waals surface area contributed by atoms with Crippen LogP contribution in [0.4, 0.5) is 0 Å². The van der Waals surface area contributed by atoms with Gasteiger partial charge in [-0.1, -0.05) is 52.8 Å². The van der Waals surface area contributed by atoms with Crippen molar-refractivity contribution >= 4 is 51.2 Å². The summed E-state index contributed by atoms with van der Waals surface area (Å²) in [4.78, 5) is 44.7. The van der Waals surface area contributed by atoms with Gasteiger partial charge in [0.1, 0.15) is 6.29 Å². The van der Waals surface area contributed by atoms with Crippen LogP contribution in [0.2, 0.25) is 0 Å². The minimum absolute atomic E-state index is 0.0338. The number of nitrogens with zero attached hydrogens (tertiary/aromatic N) is 2. The van der Waals surface area contributed by atoms with Crippen molar-refractivity contribution in [2.45, 2.75) is 19.0 Å². The number of aromatic nitrogens is 1. The number of benzene rings is 2. The third kappa shape index (κ3) is 7.73. The predicted octanol–water partition coefficient (Wildman–Crippen LogP) is 2.73. The lowest BCUT2D eigenvalue weighted by atomic mass is 10.0. The highest BCUT2D eigenvalue weighted by molar-refractivity contribution is 9.10. The number of carbonyl (C=O) groups is 4. The molecule has 8 nitrogen and oxygen atoms in total. The third-order valence-corrected chi connectivity index (χ3v) is 5.89. The van der Waals surface area contributed by atoms with Crippen molar-refractivity contribution in [2.24, 2.45) is 5.73 Å². The Morgan fingerprint density at radius 3 is 2.40 bits per heavy atom. The average molecular weight is 541 g/mol. The van der Waals surface area contributed by atoms with E-state index in [1.54, 1.807) is 11.1 Å². The van der Waals surface area contributed by atoms with Crippen LogP contribution in [0.15, 0.2) is 71.9 Å². The van der Waals surface area contributed by atoms with Crippen LogP contribution >= 0.6 is 15.9 Å². The van der Waals surface area contributed by atoms with E-state index in [4.69, 9.17) is 4.79 Å². The van der Waals surface area contributed by atoms with E-state index < -0.39 is 0 Å². The highest BCUT2D eigenvalue weighted by Crippen LogP contribution is 2.26. The molecule has 0 spiro atoms. The first-order chi connectivity index (χ1) is 16.9. The van der Waals surface area contributed by atoms with Crippen LogP contribution in [0.1, 0.15) is 15.9 Å². The van der Waals surface area contributed by atoms with Gasteiger partial charge >= 0.3 is 0 Å². The summed E-state index contributed by atoms with van der Waals surface area (Å²) in [5.74, 6) is 0.0884. The fourth-order valence-corrected chi connectivity index (χ4v) is 3.93. The Kier molecular flexibility index (Phi) is 11.1. The fourth-order valence-electron chi connectivity index (χ4n) is 3.57. The SMILES string of the molecule is C=CC(=O)N1CC(NC)C1.NC=O.O=CCn1cc(C(=O)Cc2ccccc2)c2cc(Br)ccc21. The predicted molar refractivity (Wildman–Crippen MR) is 140 cm³/mol. The van der Waals surface area contributed by atoms with Gasteiger partial charge in [0.05, 0.1) is 6.54 Å². The molecule has 0 unspecified atom stereocenters. The van der Waals surface area contributed by atoms with Crippen molar-refractivity contribution in [3.63, 3.8) is 0 Å². The molecule has 0 bridgehead atoms. The molecule has 4 rings (SSSR count). The summed E-state index contributed by atoms with van der Waals surface area (Å²) in [6.45, 7) is 5.29. The second-order valence-electron chi connectivity index (χ2n) is 7.68. The van der Waals surface area contributed by atoms with E-state index in [-0.39, 0.29) is 24.6 Å². The standard InChI is InChI=1S/C18H14BrNO2.C7H12N2O.CH3NO/c19-14-6-7-17-15(11-14)16(12-20(17)8-9-21)18(22)10-13-4-2-1-3-5-13;1-3-7(10)9-4-6(5-9)8-2;2-1-3/h1-7,9,11-12H,8,10H2;3,6,8H,1,4-5H2,2H3;1H,(H2,2,3). The summed E-state index contributed by atoms with van der Waals surface area (Å²) in [6.07, 6.45) is 4.57. The maximum Gasteiger partial charge on any atom is 0.246 e. The van der Waals surface area contributed by atoms with Crippen molar-refractivity contribution in [1.29, 1.82) is 0 Å². The van der Waals surface area contributed by atoms with Crippen LogP contribution in [-0.4, -0.2) is 60.0 Å². The number of fused-ring (bicyclic) bond motifs is 1. The van der Waals surface area contributed by atoms with Crippen LogP contribution in [0.5, 0.6) is 0 Å². The number of amides is 2. The molecule has 1 aliphatic rings. The zero-order chi connectivity index (χ0) is 25.8. The third-order valence-electron chi connectivity index (χ3n) is 5.40. The molecule has 1 fully saturated rings. The lowest BCUT2D eigenvalue weighted by Gasteiger charge is -2.38. The first kappa shape index (κ1) is 27.7. The number of carbonyl (C=O) groups excluding carboxylic acids is 4. The zero-order valence-electron chi connectivity index (χ0n) is 19.5. The molecule has 0 saturated carbocycles. The molecule has 1 aliphatic heterocycles. The Morgan fingerprint density at radius 2 is 1.83 bits per heavy atom. The van der Waals surface area contributed by atoms with Gasteiger partial charge in [-0.3, -0.25) is 14.4 Å². The van der Waals surface area contributed by atoms with E-state index in [9.17, 15) is 14.4 Å². The van der Waals surface area contributed by atoms with Gasteiger partial charge in [-0.15, -0.1) is 0 Å². The number of halogens is 1. The van der Waals surface area contributed by atoms with Crippen LogP contribution in [-0.2, 0) is 27.3 Å². The smallest absolute Gasteiger partial charge is 0.246 e. The maximum absolute atomic E-state index is 12.6. The monoisotopic (exact) mass is 540 g/mol. The van der Waals surface area contributed by atoms with E-state index in [0.29, 0.717) is 18.0 Å². The molecule has 184 valence electrons. The number of primary amides is 1. The van der Waals surface area contributed by atoms with Crippen molar-refractivity contribution in [3.8, 4) is 0 Å². The normalized spacial score (nSPS) is 12.3. The van der Waals surface area contributed by atoms with Crippen molar-refractivity contribution < 1.29 is 19.2 Å². The molecular formula is C26H29BrN4O4. The molecule has 1 aromatic heterocycles. The molecular weight excluding hydrogens is 512 g/mol. The van der Waals surface area contributed by atoms with Gasteiger partial charge in [0.25, 0.3) is 0 Å². The van der Waals surface area contributed by atoms with E-state index >= 15 is 0 Å². The van der Waals surface area contributed by atoms with Crippen molar-refractivity contribution in [3.05, 3.63) is 83.0 Å². The molecule has 1 saturated heterocycles. The number of hydrogen-bond acceptors (Lipinski definition) is 5. The number of likely N-dealkylation sites (N-methyl/N-ethyl adjacent to an activating group) is 1. The van der Waals surface area contributed by atoms with Gasteiger partial charge < -0.3 is 25.3 Å². The Hall–Kier alpha value is -3.56. The zero-order valence-corrected chi connectivity index (χ0v) is 21.1. The molecule has 9 heteroatoms. The second kappa shape index (κ2) is 14.0. The number of rotatable bonds is 7. The van der Waals surface area contributed by atoms with E-state index in [1.807, 2.05) is 60.1 Å². The average Bonchev–Trinajstić information content (AvgIpc) is 3.17. The van der Waals surface area contributed by atoms with Crippen LogP contribution in [0.3, 0.4) is 0 Å². The lowest BCUT2D eigenvalue weighted by molar-refractivity contribution is -0.130. The van der Waals surface area contributed by atoms with Gasteiger partial charge in [-0.05, 0) is 36.9 Å². The molecule has 0 radical (unpaired) electrons. The summed E-state index contributed by atoms with van der Waals surface area (Å²) in [7, 11) is 1.90. The number of Topliss-reactive ketones (excluding diaryl/α,β-unsaturated/α-hetero) is 1. The van der Waals surface area contributed by atoms with Crippen molar-refractivity contribution in [2.75, 3.05) is 20.1 Å². The Balaban J connectivity index is 0.000000277. The highest BCUT2D eigenvalue weighted by Gasteiger charge is 2.27. The molecule has 0 atom stereocenters. The first-order valence-corrected chi connectivity index (χ1v) is 11.7. The van der Waals surface area contributed by atoms with Crippen LogP contribution in [0, 0.1) is 0 Å². The minimum atomic E-state index is 0.0338. The Bertz CT molecular complexity index is 1170. The summed E-state index contributed by atoms with van der Waals surface area (Å²) < 4.78 is 2.73. The van der Waals surface area contributed by atoms with E-state index in [0.717, 1.165) is 40.3 Å². The maximum atomic E-state index is 12.6. The van der Waals surface area contributed by atoms with E-state index in [1.165, 1.54) is 6.08 Å². The summed E-state index contributed by atoms with van der Waals surface area (Å²) >= 11 is 3.44. The van der Waals surface area contributed by atoms with Crippen molar-refractivity contribution in [1.82, 2.24) is 14.8 Å². The molecule has 3 N–H and O–H groups in total. The number of nitrogens with two attached hydrogens (primary N) is 1. The number of likely N-dealkylation sites (tertiary alicyclic amines) is 1. The molecule has 2 heterocycles. The number of nitrogens with one attached hydrogen (secondary N) is 1. The summed E-state index contributed by atoms with van der Waals surface area (Å²) in [5, 5.41) is 3.95. The molecule has 3 aromatic rings. The Morgan fingerprint density at radius 1 is 1.17 bits per heavy atom. The highest BCUT2D eigenvalue weighted by atomic mass is 79.9. The van der Waals surface area contributed by atoms with Gasteiger partial charge in [0.2, 0.25) is 12.3 Å². The summed E-state index contributed by atoms with van der Waals surface area (Å²) in [5.41, 5.74) is 6.70. The van der Waals surface area contributed by atoms with E-state index in [2.05, 4.69) is 33.6 Å². The second-order valence-corrected chi connectivity index (χ2v) is 8.59. The van der Waals surface area contributed by atoms with Gasteiger partial charge in [-0.2, -0.15) is 0 Å². The lowest BCUT2D eigenvalue weighted by Crippen LogP contribution is -2.58. The molecule has 2 aromatic carbocycles. The van der Waals surface area contributed by atoms with Gasteiger partial charge in [-0.25, -0.2) is 0 Å². The molecule has 0 aliphatic carbocycles. The molecule has 2 amide bonds. The quantitative estimate of drug-likeness (QED) is 0.271. The van der Waals surface area contributed by atoms with Gasteiger partial charge in [0.15, 0.2) is 5.78 Å². The largest absolute Gasteiger partial charge is 0.372 e. The molecule has 35 heavy (non-hydrogen) atoms. The van der Waals surface area contributed by atoms with Crippen LogP contribution in [0.25, 0.3) is 10.9 Å². The topological polar surface area (TPSA) is 114 Å². The fraction of sp³-hybridized carbons (Fsp3) is 0.231. The minimum Gasteiger partial charge on any atom is -0.372 e. The van der Waals surface area contributed by atoms with Crippen LogP contribution < -0.4 is 11.1 Å². The number of ketones is 1. The van der Waals surface area contributed by atoms with Gasteiger partial charge in [0, 0.05) is 52.7 Å². The summed E-state index contributed by atoms with van der Waals surface area (Å²) in [6, 6.07) is 15.9. The first-order valence-electron chi connectivity index (χ1n) is 10.9. The Labute approximate surface area is 212 Å². The number of hydrogen-bond donors (Lipinski definition) is 2. The number of aldehydes is 1.